The zero-order valence-electron chi connectivity index (χ0n) is 27.9. The van der Waals surface area contributed by atoms with Gasteiger partial charge in [-0.25, -0.2) is 0 Å². The first-order valence-corrected chi connectivity index (χ1v) is 19.0. The van der Waals surface area contributed by atoms with Gasteiger partial charge >= 0.3 is 0 Å². The van der Waals surface area contributed by atoms with Crippen molar-refractivity contribution < 1.29 is 59.3 Å². The van der Waals surface area contributed by atoms with Crippen molar-refractivity contribution in [3.63, 3.8) is 0 Å². The minimum Gasteiger partial charge on any atom is -0.381 e. The van der Waals surface area contributed by atoms with Crippen molar-refractivity contribution in [1.29, 1.82) is 0 Å². The molecule has 0 aromatic heterocycles. The second-order valence-corrected chi connectivity index (χ2v) is 13.8. The van der Waals surface area contributed by atoms with E-state index < -0.39 is 0 Å². The summed E-state index contributed by atoms with van der Waals surface area (Å²) in [5.41, 5.74) is 0. The fourth-order valence-electron chi connectivity index (χ4n) is 4.46. The molecule has 47 heavy (non-hydrogen) atoms. The summed E-state index contributed by atoms with van der Waals surface area (Å²) < 4.78 is 19.8. The van der Waals surface area contributed by atoms with Crippen LogP contribution in [0.4, 0.5) is 0 Å². The minimum atomic E-state index is 0. The molecular weight excluding hydrogens is 757 g/mol. The fourth-order valence-corrected chi connectivity index (χ4v) is 6.56. The molecule has 4 aliphatic heterocycles. The van der Waals surface area contributed by atoms with Gasteiger partial charge in [0, 0.05) is 93.2 Å². The van der Waals surface area contributed by atoms with Crippen molar-refractivity contribution in [2.75, 3.05) is 52.9 Å². The van der Waals surface area contributed by atoms with Gasteiger partial charge < -0.3 is 18.9 Å². The summed E-state index contributed by atoms with van der Waals surface area (Å²) in [5.74, 6) is 0. The van der Waals surface area contributed by atoms with Crippen LogP contribution in [0, 0.1) is 40.4 Å². The van der Waals surface area contributed by atoms with Crippen LogP contribution in [0.2, 0.25) is 0 Å². The molecule has 4 nitrogen and oxygen atoms in total. The number of ether oxygens (including phenoxy) is 4. The Hall–Kier alpha value is -1.08. The van der Waals surface area contributed by atoms with E-state index in [9.17, 15) is 0 Å². The largest absolute Gasteiger partial charge is 0.381 e. The Morgan fingerprint density at radius 1 is 0.277 bits per heavy atom. The molecule has 0 amide bonds. The number of benzene rings is 4. The van der Waals surface area contributed by atoms with E-state index in [1.807, 2.05) is 0 Å². The molecule has 0 unspecified atom stereocenters. The predicted molar refractivity (Wildman–Crippen MR) is 201 cm³/mol. The SMILES string of the molecule is C1CCOC1.C1CCOC1.C1CCOC1.C1CCOC1.[Sm].c1ccc(Pc2ccccc2)cc1.c1ccc(Pc2ccccc2)cc1. The van der Waals surface area contributed by atoms with Gasteiger partial charge in [-0.2, -0.15) is 0 Å². The van der Waals surface area contributed by atoms with E-state index in [4.69, 9.17) is 18.9 Å². The van der Waals surface area contributed by atoms with Crippen molar-refractivity contribution in [3.05, 3.63) is 121 Å². The number of rotatable bonds is 4. The maximum Gasteiger partial charge on any atom is 0.0466 e. The van der Waals surface area contributed by atoms with Gasteiger partial charge in [-0.05, 0) is 72.6 Å². The van der Waals surface area contributed by atoms with Crippen LogP contribution < -0.4 is 21.2 Å². The van der Waals surface area contributed by atoms with Gasteiger partial charge in [-0.1, -0.05) is 138 Å². The molecule has 4 fully saturated rings. The molecule has 7 heteroatoms. The van der Waals surface area contributed by atoms with Crippen LogP contribution in [0.5, 0.6) is 0 Å². The van der Waals surface area contributed by atoms with Crippen molar-refractivity contribution >= 4 is 38.4 Å². The van der Waals surface area contributed by atoms with E-state index in [1.54, 1.807) is 0 Å². The van der Waals surface area contributed by atoms with Gasteiger partial charge in [0.2, 0.25) is 0 Å². The molecule has 4 aliphatic rings. The second-order valence-electron chi connectivity index (χ2n) is 11.0. The molecule has 4 aromatic rings. The van der Waals surface area contributed by atoms with Crippen molar-refractivity contribution in [1.82, 2.24) is 0 Å². The molecule has 8 rings (SSSR count). The average molecular weight is 811 g/mol. The monoisotopic (exact) mass is 812 g/mol. The first-order valence-electron chi connectivity index (χ1n) is 17.0. The maximum absolute atomic E-state index is 4.94. The Kier molecular flexibility index (Phi) is 27.7. The molecule has 4 saturated heterocycles. The third-order valence-electron chi connectivity index (χ3n) is 6.98. The van der Waals surface area contributed by atoms with E-state index in [0.717, 1.165) is 70.0 Å². The quantitative estimate of drug-likeness (QED) is 0.197. The van der Waals surface area contributed by atoms with Crippen LogP contribution >= 0.6 is 17.2 Å². The molecule has 0 N–H and O–H groups in total. The Balaban J connectivity index is 0.000000208. The molecule has 0 aliphatic carbocycles. The number of hydrogen-bond acceptors (Lipinski definition) is 4. The van der Waals surface area contributed by atoms with E-state index in [1.165, 1.54) is 72.6 Å². The van der Waals surface area contributed by atoms with Crippen LogP contribution in [-0.4, -0.2) is 52.9 Å². The summed E-state index contributed by atoms with van der Waals surface area (Å²) in [5, 5.41) is 5.59. The Morgan fingerprint density at radius 2 is 0.447 bits per heavy atom. The molecular formula is C40H54O4P2Sm. The molecule has 254 valence electrons. The summed E-state index contributed by atoms with van der Waals surface area (Å²) in [7, 11) is 1.55. The maximum atomic E-state index is 4.94. The summed E-state index contributed by atoms with van der Waals surface area (Å²) >= 11 is 0. The first-order chi connectivity index (χ1) is 22.9. The van der Waals surface area contributed by atoms with E-state index in [0.29, 0.717) is 0 Å². The van der Waals surface area contributed by atoms with Gasteiger partial charge in [0.05, 0.1) is 0 Å². The van der Waals surface area contributed by atoms with Crippen LogP contribution in [-0.2, 0) is 18.9 Å². The van der Waals surface area contributed by atoms with Crippen LogP contribution in [0.3, 0.4) is 0 Å². The first kappa shape index (κ1) is 42.1. The van der Waals surface area contributed by atoms with Crippen LogP contribution in [0.1, 0.15) is 51.4 Å². The van der Waals surface area contributed by atoms with Crippen molar-refractivity contribution in [2.45, 2.75) is 51.4 Å². The van der Waals surface area contributed by atoms with Crippen molar-refractivity contribution in [2.24, 2.45) is 0 Å². The molecule has 0 saturated carbocycles. The Morgan fingerprint density at radius 3 is 0.574 bits per heavy atom. The van der Waals surface area contributed by atoms with E-state index in [-0.39, 0.29) is 40.4 Å². The van der Waals surface area contributed by atoms with Gasteiger partial charge in [-0.3, -0.25) is 0 Å². The third kappa shape index (κ3) is 23.8. The zero-order valence-corrected chi connectivity index (χ0v) is 32.5. The van der Waals surface area contributed by atoms with Gasteiger partial charge in [0.1, 0.15) is 0 Å². The summed E-state index contributed by atoms with van der Waals surface area (Å²) in [6.07, 6.45) is 10.2. The second kappa shape index (κ2) is 30.9. The smallest absolute Gasteiger partial charge is 0.0466 e. The molecule has 0 spiro atoms. The van der Waals surface area contributed by atoms with Crippen LogP contribution in [0.15, 0.2) is 121 Å². The topological polar surface area (TPSA) is 36.9 Å². The summed E-state index contributed by atoms with van der Waals surface area (Å²) in [6, 6.07) is 42.3. The molecule has 0 radical (unpaired) electrons. The zero-order chi connectivity index (χ0) is 32.0. The van der Waals surface area contributed by atoms with Gasteiger partial charge in [0.25, 0.3) is 0 Å². The third-order valence-corrected chi connectivity index (χ3v) is 9.47. The molecule has 4 heterocycles. The van der Waals surface area contributed by atoms with Gasteiger partial charge in [0.15, 0.2) is 0 Å². The molecule has 4 aromatic carbocycles. The minimum absolute atomic E-state index is 0. The number of hydrogen-bond donors (Lipinski definition) is 0. The van der Waals surface area contributed by atoms with Crippen LogP contribution in [0.25, 0.3) is 0 Å². The molecule has 0 bridgehead atoms. The standard InChI is InChI=1S/2C12H11P.4C4H8O.Sm/c2*1-3-7-11(8-4-1)13-12-9-5-2-6-10-12;4*1-2-4-5-3-1;/h2*1-10,13H;4*1-4H2;. The predicted octanol–water partition coefficient (Wildman–Crippen LogP) is 7.82. The van der Waals surface area contributed by atoms with Gasteiger partial charge in [-0.15, -0.1) is 0 Å². The average Bonchev–Trinajstić information content (AvgIpc) is 3.97. The van der Waals surface area contributed by atoms with E-state index in [2.05, 4.69) is 121 Å². The summed E-state index contributed by atoms with van der Waals surface area (Å²) in [4.78, 5) is 0. The summed E-state index contributed by atoms with van der Waals surface area (Å²) in [6.45, 7) is 8.00. The Labute approximate surface area is 320 Å². The van der Waals surface area contributed by atoms with Crippen molar-refractivity contribution in [3.8, 4) is 0 Å². The Bertz CT molecular complexity index is 966. The normalized spacial score (nSPS) is 15.7. The fraction of sp³-hybridized carbons (Fsp3) is 0.400. The van der Waals surface area contributed by atoms with E-state index >= 15 is 0 Å². The molecule has 0 atom stereocenters.